The number of halogens is 1. The van der Waals surface area contributed by atoms with Crippen LogP contribution in [-0.4, -0.2) is 69.9 Å². The zero-order valence-electron chi connectivity index (χ0n) is 30.5. The van der Waals surface area contributed by atoms with Gasteiger partial charge in [0.05, 0.1) is 14.2 Å². The van der Waals surface area contributed by atoms with Crippen LogP contribution in [0, 0.1) is 41.5 Å². The summed E-state index contributed by atoms with van der Waals surface area (Å²) in [6, 6.07) is 2.54. The third-order valence-electron chi connectivity index (χ3n) is 9.34. The van der Waals surface area contributed by atoms with Crippen LogP contribution in [-0.2, 0) is 14.3 Å². The zero-order chi connectivity index (χ0) is 40.0. The first kappa shape index (κ1) is 39.9. The fourth-order valence-electron chi connectivity index (χ4n) is 5.90. The number of phenolic OH excluding ortho intramolecular Hbond substituents is 2. The van der Waals surface area contributed by atoms with Crippen molar-refractivity contribution in [2.24, 2.45) is 0 Å². The smallest absolute Gasteiger partial charge is 0.356 e. The van der Waals surface area contributed by atoms with Crippen molar-refractivity contribution in [2.45, 2.75) is 61.0 Å². The molecule has 0 saturated carbocycles. The summed E-state index contributed by atoms with van der Waals surface area (Å²) in [6.45, 7) is 11.5. The lowest BCUT2D eigenvalue weighted by Gasteiger charge is -2.32. The molecular formula is C38H37ClO14. The van der Waals surface area contributed by atoms with E-state index in [4.69, 9.17) is 35.3 Å². The Hall–Kier alpha value is -5.86. The molecule has 14 nitrogen and oxygen atoms in total. The molecular weight excluding hydrogens is 716 g/mol. The summed E-state index contributed by atoms with van der Waals surface area (Å²) in [4.78, 5) is 64.4. The van der Waals surface area contributed by atoms with Crippen molar-refractivity contribution in [3.63, 3.8) is 0 Å². The summed E-state index contributed by atoms with van der Waals surface area (Å²) in [5.41, 5.74) is -2.48. The first-order valence-corrected chi connectivity index (χ1v) is 16.2. The van der Waals surface area contributed by atoms with E-state index < -0.39 is 57.3 Å². The van der Waals surface area contributed by atoms with E-state index >= 15 is 0 Å². The Balaban J connectivity index is 1.66. The average Bonchev–Trinajstić information content (AvgIpc) is 3.09. The summed E-state index contributed by atoms with van der Waals surface area (Å²) >= 11 is 6.42. The third kappa shape index (κ3) is 6.66. The number of ketones is 1. The van der Waals surface area contributed by atoms with Crippen LogP contribution >= 0.6 is 11.6 Å². The van der Waals surface area contributed by atoms with E-state index in [0.717, 1.165) is 6.08 Å². The number of ether oxygens (including phenoxy) is 5. The molecule has 53 heavy (non-hydrogen) atoms. The van der Waals surface area contributed by atoms with Crippen LogP contribution in [0.25, 0.3) is 0 Å². The number of hydrogen-bond acceptors (Lipinski definition) is 13. The first-order valence-electron chi connectivity index (χ1n) is 15.8. The van der Waals surface area contributed by atoms with Crippen molar-refractivity contribution in [1.29, 1.82) is 0 Å². The average molecular weight is 753 g/mol. The molecule has 0 saturated heterocycles. The molecule has 3 aromatic carbocycles. The number of carbonyl (C=O) groups is 5. The predicted octanol–water partition coefficient (Wildman–Crippen LogP) is 5.83. The molecule has 1 aliphatic carbocycles. The molecule has 0 spiro atoms. The highest BCUT2D eigenvalue weighted by Gasteiger charge is 2.50. The van der Waals surface area contributed by atoms with Gasteiger partial charge in [0.25, 0.3) is 0 Å². The van der Waals surface area contributed by atoms with Gasteiger partial charge in [0.2, 0.25) is 5.60 Å². The summed E-state index contributed by atoms with van der Waals surface area (Å²) in [7, 11) is 2.44. The number of aryl methyl sites for hydroxylation is 1. The van der Waals surface area contributed by atoms with E-state index in [1.165, 1.54) is 74.8 Å². The van der Waals surface area contributed by atoms with Crippen molar-refractivity contribution in [3.8, 4) is 34.5 Å². The van der Waals surface area contributed by atoms with Crippen molar-refractivity contribution in [2.75, 3.05) is 14.2 Å². The Labute approximate surface area is 308 Å². The van der Waals surface area contributed by atoms with Gasteiger partial charge in [-0.1, -0.05) is 11.6 Å². The second-order valence-electron chi connectivity index (χ2n) is 12.4. The standard InChI is InChI=1S/C38H37ClO14/c1-14-11-23(21(8)30(41)26(14)35(45)52-24-13-25(49-9)27(34(43)44)17(4)16(24)3)51-36(46)28-18(5)19(6)32(29(39)31(28)42)53-37(47)38(48)15(2)12-22(40)20(7)33(38)50-10/h11-13,41-42,48H,1-10H3,(H,43,44). The van der Waals surface area contributed by atoms with Gasteiger partial charge in [0, 0.05) is 17.2 Å². The van der Waals surface area contributed by atoms with E-state index in [0.29, 0.717) is 11.1 Å². The molecule has 0 fully saturated rings. The van der Waals surface area contributed by atoms with Gasteiger partial charge in [-0.15, -0.1) is 0 Å². The number of methoxy groups -OCH3 is 2. The Morgan fingerprint density at radius 3 is 1.77 bits per heavy atom. The molecule has 0 radical (unpaired) electrons. The second-order valence-corrected chi connectivity index (χ2v) is 12.8. The van der Waals surface area contributed by atoms with Crippen molar-refractivity contribution >= 4 is 41.3 Å². The maximum atomic E-state index is 13.5. The fourth-order valence-corrected chi connectivity index (χ4v) is 6.18. The molecule has 1 atom stereocenters. The lowest BCUT2D eigenvalue weighted by molar-refractivity contribution is -0.151. The van der Waals surface area contributed by atoms with Gasteiger partial charge < -0.3 is 44.1 Å². The van der Waals surface area contributed by atoms with Gasteiger partial charge in [-0.25, -0.2) is 19.2 Å². The quantitative estimate of drug-likeness (QED) is 0.150. The number of esters is 3. The highest BCUT2D eigenvalue weighted by Crippen LogP contribution is 2.45. The zero-order valence-corrected chi connectivity index (χ0v) is 31.2. The number of carboxylic acids is 1. The summed E-state index contributed by atoms with van der Waals surface area (Å²) in [5.74, 6) is -7.50. The minimum atomic E-state index is -2.50. The minimum Gasteiger partial charge on any atom is -0.507 e. The van der Waals surface area contributed by atoms with Gasteiger partial charge >= 0.3 is 23.9 Å². The highest BCUT2D eigenvalue weighted by atomic mass is 35.5. The molecule has 15 heteroatoms. The second kappa shape index (κ2) is 14.6. The van der Waals surface area contributed by atoms with E-state index in [-0.39, 0.29) is 73.3 Å². The molecule has 1 unspecified atom stereocenters. The van der Waals surface area contributed by atoms with Crippen molar-refractivity contribution < 1.29 is 68.1 Å². The maximum absolute atomic E-state index is 13.5. The van der Waals surface area contributed by atoms with Crippen molar-refractivity contribution in [3.05, 3.63) is 90.2 Å². The van der Waals surface area contributed by atoms with Gasteiger partial charge in [0.1, 0.15) is 50.5 Å². The molecule has 0 aromatic heterocycles. The summed E-state index contributed by atoms with van der Waals surface area (Å²) in [6.07, 6.45) is 1.06. The van der Waals surface area contributed by atoms with Crippen LogP contribution in [0.4, 0.5) is 0 Å². The molecule has 4 rings (SSSR count). The van der Waals surface area contributed by atoms with Gasteiger partial charge in [-0.05, 0) is 101 Å². The SMILES string of the molecule is COC1=C(C)C(=O)C=C(C)C1(O)C(=O)Oc1c(C)c(C)c(C(=O)Oc2cc(C)c(C(=O)Oc3cc(OC)c(C(=O)O)c(C)c3C)c(O)c2C)c(O)c1Cl. The Kier molecular flexibility index (Phi) is 11.0. The number of hydrogen-bond donors (Lipinski definition) is 4. The van der Waals surface area contributed by atoms with Gasteiger partial charge in [-0.3, -0.25) is 4.79 Å². The number of rotatable bonds is 9. The predicted molar refractivity (Wildman–Crippen MR) is 189 cm³/mol. The largest absolute Gasteiger partial charge is 0.507 e. The molecule has 3 aromatic rings. The molecule has 0 amide bonds. The number of aromatic hydroxyl groups is 2. The number of carbonyl (C=O) groups excluding carboxylic acids is 4. The summed E-state index contributed by atoms with van der Waals surface area (Å²) in [5, 5.41) is 42.6. The summed E-state index contributed by atoms with van der Waals surface area (Å²) < 4.78 is 27.0. The van der Waals surface area contributed by atoms with E-state index in [9.17, 15) is 44.4 Å². The normalized spacial score (nSPS) is 15.5. The van der Waals surface area contributed by atoms with E-state index in [1.807, 2.05) is 0 Å². The van der Waals surface area contributed by atoms with Crippen LogP contribution < -0.4 is 18.9 Å². The van der Waals surface area contributed by atoms with Crippen LogP contribution in [0.1, 0.15) is 78.3 Å². The minimum absolute atomic E-state index is 0.00560. The van der Waals surface area contributed by atoms with Crippen LogP contribution in [0.2, 0.25) is 5.02 Å². The topological polar surface area (TPSA) is 212 Å². The fraction of sp³-hybridized carbons (Fsp3) is 0.289. The number of benzene rings is 3. The molecule has 0 bridgehead atoms. The van der Waals surface area contributed by atoms with Gasteiger partial charge in [0.15, 0.2) is 17.3 Å². The number of aromatic carboxylic acids is 1. The first-order chi connectivity index (χ1) is 24.6. The lowest BCUT2D eigenvalue weighted by atomic mass is 9.83. The number of allylic oxidation sites excluding steroid dienone is 2. The Morgan fingerprint density at radius 2 is 1.23 bits per heavy atom. The number of aliphatic hydroxyl groups is 1. The van der Waals surface area contributed by atoms with Crippen LogP contribution in [0.15, 0.2) is 35.1 Å². The van der Waals surface area contributed by atoms with E-state index in [1.54, 1.807) is 6.92 Å². The molecule has 0 heterocycles. The van der Waals surface area contributed by atoms with Gasteiger partial charge in [-0.2, -0.15) is 0 Å². The lowest BCUT2D eigenvalue weighted by Crippen LogP contribution is -2.48. The maximum Gasteiger partial charge on any atom is 0.356 e. The molecule has 280 valence electrons. The number of carboxylic acid groups (broad SMARTS) is 1. The van der Waals surface area contributed by atoms with Crippen LogP contribution in [0.3, 0.4) is 0 Å². The monoisotopic (exact) mass is 752 g/mol. The molecule has 0 aliphatic heterocycles. The Morgan fingerprint density at radius 1 is 0.679 bits per heavy atom. The third-order valence-corrected chi connectivity index (χ3v) is 9.69. The highest BCUT2D eigenvalue weighted by molar-refractivity contribution is 6.34. The van der Waals surface area contributed by atoms with Crippen molar-refractivity contribution in [1.82, 2.24) is 0 Å². The number of phenols is 2. The Bertz CT molecular complexity index is 2180. The molecule has 4 N–H and O–H groups in total. The van der Waals surface area contributed by atoms with Crippen LogP contribution in [0.5, 0.6) is 34.5 Å². The van der Waals surface area contributed by atoms with E-state index in [2.05, 4.69) is 0 Å². The molecule has 1 aliphatic rings.